The van der Waals surface area contributed by atoms with E-state index >= 15 is 0 Å². The third kappa shape index (κ3) is 2.96. The third-order valence-corrected chi connectivity index (χ3v) is 4.19. The van der Waals surface area contributed by atoms with Gasteiger partial charge in [-0.2, -0.15) is 0 Å². The van der Waals surface area contributed by atoms with Crippen LogP contribution in [0.25, 0.3) is 0 Å². The van der Waals surface area contributed by atoms with Crippen molar-refractivity contribution in [3.05, 3.63) is 11.5 Å². The molecule has 1 unspecified atom stereocenters. The zero-order valence-electron chi connectivity index (χ0n) is 9.45. The molecule has 16 heavy (non-hydrogen) atoms. The first-order valence-corrected chi connectivity index (χ1v) is 6.91. The number of aryl methyl sites for hydroxylation is 2. The van der Waals surface area contributed by atoms with Crippen LogP contribution in [0.15, 0.2) is 9.42 Å². The molecule has 0 saturated heterocycles. The van der Waals surface area contributed by atoms with Crippen molar-refractivity contribution in [2.75, 3.05) is 5.88 Å². The third-order valence-electron chi connectivity index (χ3n) is 2.14. The Hall–Kier alpha value is -0.590. The van der Waals surface area contributed by atoms with Crippen molar-refractivity contribution in [3.63, 3.8) is 0 Å². The van der Waals surface area contributed by atoms with E-state index in [2.05, 4.69) is 9.88 Å². The molecule has 0 aliphatic heterocycles. The Balaban J connectivity index is 2.95. The Bertz CT molecular complexity index is 436. The van der Waals surface area contributed by atoms with E-state index < -0.39 is 10.0 Å². The van der Waals surface area contributed by atoms with Crippen LogP contribution < -0.4 is 4.72 Å². The average Bonchev–Trinajstić information content (AvgIpc) is 2.45. The highest BCUT2D eigenvalue weighted by atomic mass is 35.5. The van der Waals surface area contributed by atoms with Gasteiger partial charge in [-0.15, -0.1) is 11.6 Å². The van der Waals surface area contributed by atoms with Crippen molar-refractivity contribution >= 4 is 21.6 Å². The van der Waals surface area contributed by atoms with Gasteiger partial charge in [-0.1, -0.05) is 5.16 Å². The molecule has 1 atom stereocenters. The predicted octanol–water partition coefficient (Wildman–Crippen LogP) is 1.59. The fourth-order valence-electron chi connectivity index (χ4n) is 1.40. The first-order valence-electron chi connectivity index (χ1n) is 4.89. The lowest BCUT2D eigenvalue weighted by Crippen LogP contribution is -2.33. The van der Waals surface area contributed by atoms with Crippen molar-refractivity contribution in [1.82, 2.24) is 9.88 Å². The standard InChI is InChI=1S/C9H15ClN2O3S/c1-6(4-5-10)12-16(13,14)9-7(2)11-15-8(9)3/h6,12H,4-5H2,1-3H3. The molecule has 1 heterocycles. The Labute approximate surface area is 100 Å². The van der Waals surface area contributed by atoms with Crippen molar-refractivity contribution in [1.29, 1.82) is 0 Å². The molecular weight excluding hydrogens is 252 g/mol. The lowest BCUT2D eigenvalue weighted by atomic mass is 10.3. The number of alkyl halides is 1. The van der Waals surface area contributed by atoms with Crippen LogP contribution in [0.2, 0.25) is 0 Å². The highest BCUT2D eigenvalue weighted by Gasteiger charge is 2.25. The Morgan fingerprint density at radius 3 is 2.56 bits per heavy atom. The summed E-state index contributed by atoms with van der Waals surface area (Å²) in [6.07, 6.45) is 0.574. The molecule has 92 valence electrons. The molecule has 0 radical (unpaired) electrons. The molecule has 0 amide bonds. The number of halogens is 1. The molecule has 0 aromatic carbocycles. The van der Waals surface area contributed by atoms with Crippen LogP contribution in [-0.2, 0) is 10.0 Å². The zero-order valence-corrected chi connectivity index (χ0v) is 11.0. The van der Waals surface area contributed by atoms with Crippen LogP contribution in [0, 0.1) is 13.8 Å². The summed E-state index contributed by atoms with van der Waals surface area (Å²) in [6.45, 7) is 4.93. The van der Waals surface area contributed by atoms with Crippen molar-refractivity contribution in [2.24, 2.45) is 0 Å². The molecule has 0 saturated carbocycles. The second-order valence-electron chi connectivity index (χ2n) is 3.65. The summed E-state index contributed by atoms with van der Waals surface area (Å²) in [7, 11) is -3.56. The molecule has 0 bridgehead atoms. The molecule has 5 nitrogen and oxygen atoms in total. The van der Waals surface area contributed by atoms with Gasteiger partial charge in [0.1, 0.15) is 10.6 Å². The van der Waals surface area contributed by atoms with Gasteiger partial charge < -0.3 is 4.52 Å². The molecule has 7 heteroatoms. The highest BCUT2D eigenvalue weighted by molar-refractivity contribution is 7.89. The second kappa shape index (κ2) is 5.16. The van der Waals surface area contributed by atoms with Crippen LogP contribution in [0.4, 0.5) is 0 Å². The Morgan fingerprint density at radius 2 is 2.12 bits per heavy atom. The van der Waals surface area contributed by atoms with Crippen LogP contribution in [0.1, 0.15) is 24.8 Å². The van der Waals surface area contributed by atoms with Crippen molar-refractivity contribution in [2.45, 2.75) is 38.1 Å². The van der Waals surface area contributed by atoms with Crippen LogP contribution in [-0.4, -0.2) is 25.5 Å². The number of hydrogen-bond donors (Lipinski definition) is 1. The van der Waals surface area contributed by atoms with Crippen LogP contribution >= 0.6 is 11.6 Å². The van der Waals surface area contributed by atoms with E-state index in [9.17, 15) is 8.42 Å². The SMILES string of the molecule is Cc1noc(C)c1S(=O)(=O)NC(C)CCCl. The largest absolute Gasteiger partial charge is 0.360 e. The Morgan fingerprint density at radius 1 is 1.50 bits per heavy atom. The van der Waals surface area contributed by atoms with E-state index in [1.807, 2.05) is 0 Å². The summed E-state index contributed by atoms with van der Waals surface area (Å²) in [4.78, 5) is 0.119. The molecule has 0 aliphatic rings. The molecule has 0 aliphatic carbocycles. The lowest BCUT2D eigenvalue weighted by molar-refractivity contribution is 0.390. The summed E-state index contributed by atoms with van der Waals surface area (Å²) >= 11 is 5.55. The maximum atomic E-state index is 12.0. The van der Waals surface area contributed by atoms with E-state index in [4.69, 9.17) is 16.1 Å². The molecular formula is C9H15ClN2O3S. The minimum atomic E-state index is -3.56. The fraction of sp³-hybridized carbons (Fsp3) is 0.667. The highest BCUT2D eigenvalue weighted by Crippen LogP contribution is 2.19. The van der Waals surface area contributed by atoms with Gasteiger partial charge in [-0.3, -0.25) is 0 Å². The number of nitrogens with one attached hydrogen (secondary N) is 1. The van der Waals surface area contributed by atoms with Crippen molar-refractivity contribution < 1.29 is 12.9 Å². The zero-order chi connectivity index (χ0) is 12.3. The van der Waals surface area contributed by atoms with Gasteiger partial charge in [0.15, 0.2) is 5.76 Å². The number of hydrogen-bond acceptors (Lipinski definition) is 4. The van der Waals surface area contributed by atoms with Gasteiger partial charge in [0.05, 0.1) is 0 Å². The van der Waals surface area contributed by atoms with Crippen LogP contribution in [0.3, 0.4) is 0 Å². The summed E-state index contributed by atoms with van der Waals surface area (Å²) in [5.41, 5.74) is 0.364. The first-order chi connectivity index (χ1) is 7.38. The van der Waals surface area contributed by atoms with Gasteiger partial charge in [0.2, 0.25) is 10.0 Å². The van der Waals surface area contributed by atoms with E-state index in [-0.39, 0.29) is 10.9 Å². The van der Waals surface area contributed by atoms with E-state index in [0.717, 1.165) is 0 Å². The van der Waals surface area contributed by atoms with Gasteiger partial charge >= 0.3 is 0 Å². The monoisotopic (exact) mass is 266 g/mol. The van der Waals surface area contributed by atoms with Crippen molar-refractivity contribution in [3.8, 4) is 0 Å². The predicted molar refractivity (Wildman–Crippen MR) is 61.1 cm³/mol. The lowest BCUT2D eigenvalue weighted by Gasteiger charge is -2.12. The summed E-state index contributed by atoms with van der Waals surface area (Å²) in [5, 5.41) is 3.62. The first kappa shape index (κ1) is 13.5. The number of sulfonamides is 1. The average molecular weight is 267 g/mol. The van der Waals surface area contributed by atoms with E-state index in [1.165, 1.54) is 0 Å². The van der Waals surface area contributed by atoms with E-state index in [1.54, 1.807) is 20.8 Å². The summed E-state index contributed by atoms with van der Waals surface area (Å²) < 4.78 is 31.3. The van der Waals surface area contributed by atoms with Crippen LogP contribution in [0.5, 0.6) is 0 Å². The molecule has 1 rings (SSSR count). The Kier molecular flexibility index (Phi) is 4.35. The molecule has 0 fully saturated rings. The van der Waals surface area contributed by atoms with Gasteiger partial charge in [0.25, 0.3) is 0 Å². The normalized spacial score (nSPS) is 14.0. The second-order valence-corrected chi connectivity index (χ2v) is 5.68. The van der Waals surface area contributed by atoms with Gasteiger partial charge in [-0.05, 0) is 27.2 Å². The smallest absolute Gasteiger partial charge is 0.246 e. The number of rotatable bonds is 5. The fourth-order valence-corrected chi connectivity index (χ4v) is 3.34. The summed E-state index contributed by atoms with van der Waals surface area (Å²) in [6, 6.07) is -0.212. The van der Waals surface area contributed by atoms with E-state index in [0.29, 0.717) is 23.8 Å². The molecule has 1 N–H and O–H groups in total. The summed E-state index contributed by atoms with van der Waals surface area (Å²) in [5.74, 6) is 0.703. The van der Waals surface area contributed by atoms with Gasteiger partial charge in [-0.25, -0.2) is 13.1 Å². The number of nitrogens with zero attached hydrogens (tertiary/aromatic N) is 1. The minimum Gasteiger partial charge on any atom is -0.360 e. The minimum absolute atomic E-state index is 0.119. The topological polar surface area (TPSA) is 72.2 Å². The molecule has 0 spiro atoms. The maximum absolute atomic E-state index is 12.0. The quantitative estimate of drug-likeness (QED) is 0.822. The number of aromatic nitrogens is 1. The molecule has 1 aromatic rings. The van der Waals surface area contributed by atoms with Gasteiger partial charge in [0, 0.05) is 11.9 Å². The molecule has 1 aromatic heterocycles. The maximum Gasteiger partial charge on any atom is 0.246 e.